The van der Waals surface area contributed by atoms with Crippen LogP contribution in [0.15, 0.2) is 30.7 Å². The fourth-order valence-corrected chi connectivity index (χ4v) is 4.71. The molecule has 3 aliphatic rings. The summed E-state index contributed by atoms with van der Waals surface area (Å²) in [7, 11) is 0. The van der Waals surface area contributed by atoms with Gasteiger partial charge in [0.1, 0.15) is 6.04 Å². The van der Waals surface area contributed by atoms with Crippen LogP contribution in [0.4, 0.5) is 5.95 Å². The molecule has 0 aromatic carbocycles. The highest BCUT2D eigenvalue weighted by molar-refractivity contribution is 5.82. The van der Waals surface area contributed by atoms with Gasteiger partial charge in [0.15, 0.2) is 0 Å². The van der Waals surface area contributed by atoms with E-state index in [1.54, 1.807) is 0 Å². The Morgan fingerprint density at radius 1 is 1.12 bits per heavy atom. The van der Waals surface area contributed by atoms with Gasteiger partial charge in [0.05, 0.1) is 5.69 Å². The summed E-state index contributed by atoms with van der Waals surface area (Å²) in [4.78, 5) is 28.8. The molecule has 0 spiro atoms. The van der Waals surface area contributed by atoms with Gasteiger partial charge in [-0.2, -0.15) is 0 Å². The van der Waals surface area contributed by atoms with Crippen LogP contribution in [-0.4, -0.2) is 57.0 Å². The molecule has 2 unspecified atom stereocenters. The first kappa shape index (κ1) is 21.3. The minimum absolute atomic E-state index is 0.125. The molecule has 1 aliphatic carbocycles. The van der Waals surface area contributed by atoms with E-state index in [2.05, 4.69) is 40.0 Å². The lowest BCUT2D eigenvalue weighted by atomic mass is 9.88. The third kappa shape index (κ3) is 4.61. The average molecular weight is 436 g/mol. The van der Waals surface area contributed by atoms with Gasteiger partial charge in [-0.3, -0.25) is 15.2 Å². The lowest BCUT2D eigenvalue weighted by Gasteiger charge is -2.34. The number of hydrogen-bond donors (Lipinski definition) is 3. The van der Waals surface area contributed by atoms with E-state index in [0.717, 1.165) is 55.1 Å². The van der Waals surface area contributed by atoms with Gasteiger partial charge in [-0.05, 0) is 55.7 Å². The first-order chi connectivity index (χ1) is 15.6. The second kappa shape index (κ2) is 9.11. The van der Waals surface area contributed by atoms with Crippen molar-refractivity contribution in [3.63, 3.8) is 0 Å². The number of nitrogens with zero attached hydrogens (tertiary/aromatic N) is 4. The maximum Gasteiger partial charge on any atom is 0.241 e. The van der Waals surface area contributed by atoms with Gasteiger partial charge in [0, 0.05) is 55.2 Å². The molecule has 2 aliphatic heterocycles. The molecule has 2 atom stereocenters. The summed E-state index contributed by atoms with van der Waals surface area (Å²) >= 11 is 0. The van der Waals surface area contributed by atoms with E-state index in [4.69, 9.17) is 4.98 Å². The predicted molar refractivity (Wildman–Crippen MR) is 124 cm³/mol. The Kier molecular flexibility index (Phi) is 6.06. The Bertz CT molecular complexity index is 939. The number of amides is 1. The van der Waals surface area contributed by atoms with Crippen molar-refractivity contribution in [1.82, 2.24) is 30.7 Å². The topological polar surface area (TPSA) is 95.1 Å². The molecule has 32 heavy (non-hydrogen) atoms. The predicted octanol–water partition coefficient (Wildman–Crippen LogP) is 2.71. The summed E-state index contributed by atoms with van der Waals surface area (Å²) in [5, 5.41) is 3.44. The van der Waals surface area contributed by atoms with Crippen molar-refractivity contribution in [2.45, 2.75) is 70.0 Å². The minimum Gasteiger partial charge on any atom is -0.351 e. The normalized spacial score (nSPS) is 24.2. The van der Waals surface area contributed by atoms with Gasteiger partial charge in [0.2, 0.25) is 11.9 Å². The van der Waals surface area contributed by atoms with Gasteiger partial charge in [-0.1, -0.05) is 13.8 Å². The van der Waals surface area contributed by atoms with E-state index in [9.17, 15) is 4.79 Å². The summed E-state index contributed by atoms with van der Waals surface area (Å²) in [5.41, 5.74) is 9.75. The van der Waals surface area contributed by atoms with Crippen LogP contribution in [0.2, 0.25) is 0 Å². The number of likely N-dealkylation sites (tertiary alicyclic amines) is 1. The number of carbonyl (C=O) groups excluding carboxylic acids is 1. The second-order valence-electron chi connectivity index (χ2n) is 9.67. The SMILES string of the molecule is CC(C)C1CC(C(=O)N2CCC(c3nc(NC4CC4)ncc3-c3ccncc3)CC2)NN1. The van der Waals surface area contributed by atoms with Gasteiger partial charge in [-0.25, -0.2) is 15.4 Å². The lowest BCUT2D eigenvalue weighted by molar-refractivity contribution is -0.134. The number of anilines is 1. The smallest absolute Gasteiger partial charge is 0.241 e. The number of pyridine rings is 1. The summed E-state index contributed by atoms with van der Waals surface area (Å²) in [5.74, 6) is 1.75. The van der Waals surface area contributed by atoms with Crippen LogP contribution >= 0.6 is 0 Å². The van der Waals surface area contributed by atoms with Gasteiger partial charge in [-0.15, -0.1) is 0 Å². The van der Waals surface area contributed by atoms with Crippen LogP contribution in [0.1, 0.15) is 57.6 Å². The van der Waals surface area contributed by atoms with Crippen LogP contribution in [-0.2, 0) is 4.79 Å². The van der Waals surface area contributed by atoms with Gasteiger partial charge in [0.25, 0.3) is 0 Å². The molecule has 170 valence electrons. The van der Waals surface area contributed by atoms with Crippen LogP contribution in [0.3, 0.4) is 0 Å². The van der Waals surface area contributed by atoms with Gasteiger partial charge >= 0.3 is 0 Å². The zero-order valence-electron chi connectivity index (χ0n) is 18.9. The molecule has 2 saturated heterocycles. The monoisotopic (exact) mass is 435 g/mol. The molecule has 1 saturated carbocycles. The summed E-state index contributed by atoms with van der Waals surface area (Å²) in [6, 6.07) is 4.76. The molecule has 4 heterocycles. The van der Waals surface area contributed by atoms with E-state index >= 15 is 0 Å². The Labute approximate surface area is 189 Å². The standard InChI is InChI=1S/C24H33N7O/c1-15(2)20-13-21(30-29-20)23(32)31-11-7-17(8-12-31)22-19(16-5-9-25-10-6-16)14-26-24(28-22)27-18-3-4-18/h5-6,9-10,14-15,17-18,20-21,29-30H,3-4,7-8,11-13H2,1-2H3,(H,26,27,28). The fraction of sp³-hybridized carbons (Fsp3) is 0.583. The highest BCUT2D eigenvalue weighted by Crippen LogP contribution is 2.35. The van der Waals surface area contributed by atoms with Crippen LogP contribution < -0.4 is 16.2 Å². The molecule has 1 amide bonds. The average Bonchev–Trinajstić information content (AvgIpc) is 3.50. The highest BCUT2D eigenvalue weighted by Gasteiger charge is 2.35. The van der Waals surface area contributed by atoms with E-state index in [0.29, 0.717) is 23.9 Å². The largest absolute Gasteiger partial charge is 0.351 e. The first-order valence-electron chi connectivity index (χ1n) is 11.9. The van der Waals surface area contributed by atoms with Crippen molar-refractivity contribution in [1.29, 1.82) is 0 Å². The molecule has 2 aromatic rings. The Hall–Kier alpha value is -2.58. The molecule has 3 N–H and O–H groups in total. The minimum atomic E-state index is -0.125. The molecular weight excluding hydrogens is 402 g/mol. The number of rotatable bonds is 6. The van der Waals surface area contributed by atoms with Crippen molar-refractivity contribution in [3.05, 3.63) is 36.4 Å². The lowest BCUT2D eigenvalue weighted by Crippen LogP contribution is -2.48. The second-order valence-corrected chi connectivity index (χ2v) is 9.67. The van der Waals surface area contributed by atoms with Gasteiger partial charge < -0.3 is 10.2 Å². The van der Waals surface area contributed by atoms with E-state index in [1.807, 2.05) is 35.6 Å². The molecule has 8 heteroatoms. The van der Waals surface area contributed by atoms with Crippen molar-refractivity contribution in [3.8, 4) is 11.1 Å². The Balaban J connectivity index is 1.29. The fourth-order valence-electron chi connectivity index (χ4n) is 4.71. The van der Waals surface area contributed by atoms with Crippen LogP contribution in [0.5, 0.6) is 0 Å². The number of hydrogen-bond acceptors (Lipinski definition) is 7. The molecule has 0 bridgehead atoms. The van der Waals surface area contributed by atoms with Crippen molar-refractivity contribution in [2.75, 3.05) is 18.4 Å². The number of nitrogens with one attached hydrogen (secondary N) is 3. The molecule has 0 radical (unpaired) electrons. The van der Waals surface area contributed by atoms with E-state index < -0.39 is 0 Å². The van der Waals surface area contributed by atoms with Crippen molar-refractivity contribution >= 4 is 11.9 Å². The van der Waals surface area contributed by atoms with Crippen LogP contribution in [0.25, 0.3) is 11.1 Å². The summed E-state index contributed by atoms with van der Waals surface area (Å²) in [6.45, 7) is 5.90. The van der Waals surface area contributed by atoms with Crippen LogP contribution in [0, 0.1) is 5.92 Å². The maximum absolute atomic E-state index is 13.1. The van der Waals surface area contributed by atoms with E-state index in [-0.39, 0.29) is 11.9 Å². The van der Waals surface area contributed by atoms with Crippen molar-refractivity contribution < 1.29 is 4.79 Å². The molecule has 3 fully saturated rings. The number of aromatic nitrogens is 3. The number of hydrazine groups is 1. The molecule has 2 aromatic heterocycles. The zero-order valence-corrected chi connectivity index (χ0v) is 18.9. The number of piperidine rings is 1. The molecule has 8 nitrogen and oxygen atoms in total. The third-order valence-electron chi connectivity index (χ3n) is 6.95. The summed E-state index contributed by atoms with van der Waals surface area (Å²) in [6.07, 6.45) is 10.6. The highest BCUT2D eigenvalue weighted by atomic mass is 16.2. The Morgan fingerprint density at radius 3 is 2.53 bits per heavy atom. The molecule has 5 rings (SSSR count). The zero-order chi connectivity index (χ0) is 22.1. The third-order valence-corrected chi connectivity index (χ3v) is 6.95. The number of carbonyl (C=O) groups is 1. The first-order valence-corrected chi connectivity index (χ1v) is 11.9. The molecular formula is C24H33N7O. The quantitative estimate of drug-likeness (QED) is 0.642. The Morgan fingerprint density at radius 2 is 1.88 bits per heavy atom. The maximum atomic E-state index is 13.1. The summed E-state index contributed by atoms with van der Waals surface area (Å²) < 4.78 is 0. The van der Waals surface area contributed by atoms with E-state index in [1.165, 1.54) is 12.8 Å². The van der Waals surface area contributed by atoms with Crippen molar-refractivity contribution in [2.24, 2.45) is 5.92 Å².